The molecule has 5 heterocycles. The van der Waals surface area contributed by atoms with E-state index in [1.165, 1.54) is 71.1 Å². The van der Waals surface area contributed by atoms with Gasteiger partial charge in [0, 0.05) is 77.5 Å². The average Bonchev–Trinajstić information content (AvgIpc) is 1.62. The van der Waals surface area contributed by atoms with Gasteiger partial charge in [-0.2, -0.15) is 35.3 Å². The van der Waals surface area contributed by atoms with Gasteiger partial charge in [0.25, 0.3) is 0 Å². The molecule has 12 amide bonds. The number of amides is 12. The fourth-order valence-electron chi connectivity index (χ4n) is 13.9. The second-order valence-corrected chi connectivity index (χ2v) is 32.5. The van der Waals surface area contributed by atoms with Gasteiger partial charge in [-0.3, -0.25) is 67.6 Å². The molecule has 4 aliphatic rings. The number of aromatic amines is 1. The highest BCUT2D eigenvalue weighted by Crippen LogP contribution is 2.29. The van der Waals surface area contributed by atoms with Gasteiger partial charge >= 0.3 is 5.97 Å². The number of fused-ring (bicyclic) bond motifs is 8. The summed E-state index contributed by atoms with van der Waals surface area (Å²) in [5.74, 6) is -11.6. The number of carbonyl (C=O) groups excluding carboxylic acids is 12. The van der Waals surface area contributed by atoms with Crippen molar-refractivity contribution >= 4 is 123 Å². The highest BCUT2D eigenvalue weighted by molar-refractivity contribution is 7.99. The molecule has 31 nitrogen and oxygen atoms in total. The molecule has 5 aromatic rings. The van der Waals surface area contributed by atoms with Crippen molar-refractivity contribution < 1.29 is 77.6 Å². The van der Waals surface area contributed by atoms with Crippen LogP contribution in [0.5, 0.6) is 5.75 Å². The topological polar surface area (TPSA) is 477 Å². The second-order valence-electron chi connectivity index (χ2n) is 29.4. The number of aromatic nitrogens is 1. The Bertz CT molecular complexity index is 4210. The number of nitrogens with zero attached hydrogens (tertiary/aromatic N) is 2. The number of nitrogens with one attached hydrogen (secondary N) is 11. The number of phenolic OH excluding ortho intramolecular Hbond substituents is 1. The Morgan fingerprint density at radius 3 is 1.76 bits per heavy atom. The number of para-hydroxylation sites is 1. The third-order valence-electron chi connectivity index (χ3n) is 20.4. The number of benzene rings is 4. The number of hydrogen-bond acceptors (Lipinski definition) is 20. The average molecular weight is 1600 g/mol. The van der Waals surface area contributed by atoms with E-state index < -0.39 is 180 Å². The van der Waals surface area contributed by atoms with Crippen molar-refractivity contribution in [3.63, 3.8) is 0 Å². The number of carboxylic acid groups (broad SMARTS) is 1. The lowest BCUT2D eigenvalue weighted by molar-refractivity contribution is -0.143. The molecule has 34 heteroatoms. The Hall–Kier alpha value is -9.74. The smallest absolute Gasteiger partial charge is 0.305 e. The molecule has 1 unspecified atom stereocenters. The van der Waals surface area contributed by atoms with Crippen LogP contribution in [0.1, 0.15) is 113 Å². The van der Waals surface area contributed by atoms with E-state index in [4.69, 9.17) is 11.5 Å². The minimum atomic E-state index is -1.99. The molecule has 0 radical (unpaired) electrons. The standard InChI is InChI=1S/C78H103N15O16S3/c1-7-42(4)65-76(107)85-55(32-50-34-81-53-18-12-11-17-52(50)53)70(101)84-54(30-46-21-23-51(94)24-22-46)69(100)87-58(66(80)97)38-110-35-47-27-48-29-49(28-47)37-112-40-60(88-67(98)43(5)79)73(104)90-64(41(2)3)78(109)93-26-14-19-61(93)74(105)89-59(39-111-36-48)72(103)82-44(6)68(99)83-56(33-63(95)96)71(102)86-57(31-45-15-9-8-10-16-45)77(108)92-25-13-20-62(92)75(106)91-65/h8-12,15-18,21-24,27-29,34,41-44,54-62,64-65,71,81,86,94,102H,7,13-14,19-20,25-26,30-33,35-40,79H2,1-6H3,(H2,80,97)(H,82,103)(H,83,99)(H,84,101)(H,85,107)(H,87,100)(H,88,98)(H,89,105)(H,90,104)(H,91,106)(H,95,96)/t42-,43-,44+,54-,55-,56-,57+,58+,59+,60+,61-,62-,64-,65-,71?/m1/s1. The number of hydrogen-bond donors (Lipinski definition) is 16. The summed E-state index contributed by atoms with van der Waals surface area (Å²) in [5, 5.41) is 61.2. The van der Waals surface area contributed by atoms with Gasteiger partial charge in [-0.25, -0.2) is 0 Å². The fraction of sp³-hybridized carbons (Fsp3) is 0.500. The van der Waals surface area contributed by atoms with Crippen LogP contribution in [0.4, 0.5) is 0 Å². The lowest BCUT2D eigenvalue weighted by Crippen LogP contribution is -2.62. The number of thioether (sulfide) groups is 3. The molecule has 112 heavy (non-hydrogen) atoms. The summed E-state index contributed by atoms with van der Waals surface area (Å²) >= 11 is 3.75. The number of aliphatic carboxylic acids is 1. The molecule has 2 saturated heterocycles. The minimum Gasteiger partial charge on any atom is -0.508 e. The van der Waals surface area contributed by atoms with Gasteiger partial charge in [0.05, 0.1) is 24.5 Å². The molecule has 4 bridgehead atoms. The van der Waals surface area contributed by atoms with Gasteiger partial charge in [0.15, 0.2) is 0 Å². The number of nitrogens with two attached hydrogens (primary N) is 2. The molecule has 15 atom stereocenters. The Balaban J connectivity index is 1.10. The van der Waals surface area contributed by atoms with E-state index in [0.717, 1.165) is 11.1 Å². The number of carbonyl (C=O) groups is 13. The Morgan fingerprint density at radius 2 is 1.14 bits per heavy atom. The van der Waals surface area contributed by atoms with Gasteiger partial charge in [-0.1, -0.05) is 113 Å². The fourth-order valence-corrected chi connectivity index (χ4v) is 16.9. The lowest BCUT2D eigenvalue weighted by atomic mass is 9.96. The zero-order valence-electron chi connectivity index (χ0n) is 63.5. The highest BCUT2D eigenvalue weighted by atomic mass is 32.2. The summed E-state index contributed by atoms with van der Waals surface area (Å²) in [7, 11) is 0. The number of phenols is 1. The maximum absolute atomic E-state index is 15.3. The molecule has 18 N–H and O–H groups in total. The summed E-state index contributed by atoms with van der Waals surface area (Å²) in [6.07, 6.45) is -0.395. The van der Waals surface area contributed by atoms with Crippen LogP contribution >= 0.6 is 35.3 Å². The summed E-state index contributed by atoms with van der Waals surface area (Å²) in [4.78, 5) is 194. The first kappa shape index (κ1) is 86.2. The number of carboxylic acids is 1. The first-order chi connectivity index (χ1) is 53.4. The van der Waals surface area contributed by atoms with Gasteiger partial charge in [0.1, 0.15) is 72.4 Å². The highest BCUT2D eigenvalue weighted by Gasteiger charge is 2.44. The van der Waals surface area contributed by atoms with E-state index in [2.05, 4.69) is 58.2 Å². The van der Waals surface area contributed by atoms with E-state index in [0.29, 0.717) is 52.5 Å². The van der Waals surface area contributed by atoms with Crippen LogP contribution in [-0.4, -0.2) is 222 Å². The number of aromatic hydroxyl groups is 1. The van der Waals surface area contributed by atoms with Crippen LogP contribution in [0.2, 0.25) is 0 Å². The number of rotatable bonds is 14. The summed E-state index contributed by atoms with van der Waals surface area (Å²) in [6.45, 7) is 9.84. The second kappa shape index (κ2) is 40.6. The molecule has 4 aromatic carbocycles. The zero-order valence-corrected chi connectivity index (χ0v) is 65.9. The largest absolute Gasteiger partial charge is 0.508 e. The van der Waals surface area contributed by atoms with Crippen LogP contribution in [-0.2, 0) is 98.9 Å². The third-order valence-corrected chi connectivity index (χ3v) is 23.7. The van der Waals surface area contributed by atoms with Gasteiger partial charge in [-0.15, -0.1) is 0 Å². The van der Waals surface area contributed by atoms with E-state index >= 15 is 14.4 Å². The normalized spacial score (nSPS) is 26.5. The maximum Gasteiger partial charge on any atom is 0.305 e. The molecular formula is C78H103N15O16S3. The monoisotopic (exact) mass is 1600 g/mol. The van der Waals surface area contributed by atoms with E-state index in [-0.39, 0.29) is 85.5 Å². The van der Waals surface area contributed by atoms with Crippen molar-refractivity contribution in [2.75, 3.05) is 30.3 Å². The van der Waals surface area contributed by atoms with Gasteiger partial charge in [0.2, 0.25) is 70.9 Å². The van der Waals surface area contributed by atoms with Crippen LogP contribution in [0.15, 0.2) is 103 Å². The van der Waals surface area contributed by atoms with E-state index in [1.807, 2.05) is 36.4 Å². The van der Waals surface area contributed by atoms with Crippen molar-refractivity contribution in [2.24, 2.45) is 23.3 Å². The summed E-state index contributed by atoms with van der Waals surface area (Å²) < 4.78 is 0. The molecule has 2 fully saturated rings. The first-order valence-corrected chi connectivity index (χ1v) is 41.2. The molecule has 9 rings (SSSR count). The van der Waals surface area contributed by atoms with Crippen LogP contribution < -0.4 is 64.6 Å². The lowest BCUT2D eigenvalue weighted by Gasteiger charge is -2.33. The molecule has 0 aliphatic carbocycles. The number of aliphatic hydroxyl groups is 1. The number of aliphatic hydroxyl groups excluding tert-OH is 1. The molecule has 4 aliphatic heterocycles. The van der Waals surface area contributed by atoms with Crippen molar-refractivity contribution in [1.29, 1.82) is 0 Å². The SMILES string of the molecule is CC[C@@H](C)[C@H]1NC(=O)[C@H]2CCCN2C(=O)[C@H](Cc2ccccc2)NC(O)[C@@H](CC(=O)O)NC(=O)[C@H](C)NC(=O)[C@@H]2CSCc3cc(cc(c3)CSC[C@H](NC(=O)[C@@H](C)N)C(=O)N[C@H](C(C)C)C(=O)N3CCC[C@@H]3C(=O)N2)CSC[C@@H](C(N)=O)NC(=O)[C@@H](Cc2ccc(O)cc2)NC(=O)[C@@H](Cc2c[nH]c3ccccc23)NC1=O. The molecular weight excluding hydrogens is 1500 g/mol. The van der Waals surface area contributed by atoms with Gasteiger partial charge in [-0.05, 0) is 109 Å². The predicted octanol–water partition coefficient (Wildman–Crippen LogP) is 0.979. The third kappa shape index (κ3) is 23.7. The van der Waals surface area contributed by atoms with Crippen LogP contribution in [0, 0.1) is 11.8 Å². The van der Waals surface area contributed by atoms with Gasteiger partial charge < -0.3 is 89.4 Å². The van der Waals surface area contributed by atoms with Crippen LogP contribution in [0.3, 0.4) is 0 Å². The number of primary amides is 1. The Kier molecular flexibility index (Phi) is 31.3. The van der Waals surface area contributed by atoms with Crippen molar-refractivity contribution in [2.45, 2.75) is 201 Å². The minimum absolute atomic E-state index is 0.00732. The summed E-state index contributed by atoms with van der Waals surface area (Å²) in [5.41, 5.74) is 16.6. The van der Waals surface area contributed by atoms with Crippen molar-refractivity contribution in [3.8, 4) is 5.75 Å². The van der Waals surface area contributed by atoms with E-state index in [9.17, 15) is 63.3 Å². The molecule has 604 valence electrons. The molecule has 1 aromatic heterocycles. The van der Waals surface area contributed by atoms with E-state index in [1.54, 1.807) is 82.4 Å². The maximum atomic E-state index is 15.3. The predicted molar refractivity (Wildman–Crippen MR) is 424 cm³/mol. The quantitative estimate of drug-likeness (QED) is 0.0737. The molecule has 0 saturated carbocycles. The Labute approximate surface area is 662 Å². The number of H-pyrrole nitrogens is 1. The zero-order chi connectivity index (χ0) is 81.0. The van der Waals surface area contributed by atoms with Crippen LogP contribution in [0.25, 0.3) is 10.9 Å². The Morgan fingerprint density at radius 1 is 0.589 bits per heavy atom. The van der Waals surface area contributed by atoms with Crippen molar-refractivity contribution in [3.05, 3.63) is 137 Å². The van der Waals surface area contributed by atoms with Crippen molar-refractivity contribution in [1.82, 2.24) is 68.0 Å². The first-order valence-electron chi connectivity index (χ1n) is 37.7. The summed E-state index contributed by atoms with van der Waals surface area (Å²) in [6, 6.07) is 10.1. The molecule has 0 spiro atoms.